The molecular formula is C18H20N2O3S. The number of aliphatic carboxylic acids is 1. The van der Waals surface area contributed by atoms with Crippen molar-refractivity contribution in [2.45, 2.75) is 38.1 Å². The highest BCUT2D eigenvalue weighted by Crippen LogP contribution is 2.21. The van der Waals surface area contributed by atoms with Crippen LogP contribution < -0.4 is 0 Å². The Kier molecular flexibility index (Phi) is 5.25. The molecule has 0 saturated carbocycles. The molecule has 24 heavy (non-hydrogen) atoms. The summed E-state index contributed by atoms with van der Waals surface area (Å²) in [5.74, 6) is -1.19. The van der Waals surface area contributed by atoms with E-state index in [9.17, 15) is 14.7 Å². The molecule has 126 valence electrons. The topological polar surface area (TPSA) is 70.5 Å². The summed E-state index contributed by atoms with van der Waals surface area (Å²) in [6.07, 6.45) is 3.88. The molecule has 0 spiro atoms. The molecule has 5 nitrogen and oxygen atoms in total. The maximum Gasteiger partial charge on any atom is 0.326 e. The van der Waals surface area contributed by atoms with E-state index in [-0.39, 0.29) is 5.91 Å². The average Bonchev–Trinajstić information content (AvgIpc) is 3.09. The third kappa shape index (κ3) is 3.82. The monoisotopic (exact) mass is 344 g/mol. The van der Waals surface area contributed by atoms with Gasteiger partial charge in [0.2, 0.25) is 0 Å². The number of nitrogens with zero attached hydrogens (tertiary/aromatic N) is 2. The predicted molar refractivity (Wildman–Crippen MR) is 92.3 cm³/mol. The second-order valence-corrected chi connectivity index (χ2v) is 6.90. The number of benzene rings is 1. The van der Waals surface area contributed by atoms with Gasteiger partial charge in [0.15, 0.2) is 0 Å². The lowest BCUT2D eigenvalue weighted by molar-refractivity contribution is -0.143. The summed E-state index contributed by atoms with van der Waals surface area (Å²) in [5.41, 5.74) is 1.61. The normalized spacial score (nSPS) is 17.7. The maximum atomic E-state index is 12.6. The number of carbonyl (C=O) groups excluding carboxylic acids is 1. The molecule has 1 N–H and O–H groups in total. The highest BCUT2D eigenvalue weighted by molar-refractivity contribution is 7.09. The minimum absolute atomic E-state index is 0.260. The number of rotatable bonds is 5. The molecule has 3 rings (SSSR count). The maximum absolute atomic E-state index is 12.6. The Morgan fingerprint density at radius 3 is 2.75 bits per heavy atom. The Bertz CT molecular complexity index is 714. The third-order valence-electron chi connectivity index (χ3n) is 4.29. The average molecular weight is 344 g/mol. The molecule has 2 heterocycles. The first-order valence-corrected chi connectivity index (χ1v) is 9.05. The lowest BCUT2D eigenvalue weighted by Crippen LogP contribution is -2.48. The summed E-state index contributed by atoms with van der Waals surface area (Å²) in [6.45, 7) is 0.493. The smallest absolute Gasteiger partial charge is 0.326 e. The number of carboxylic acid groups (broad SMARTS) is 1. The van der Waals surface area contributed by atoms with Gasteiger partial charge in [0.25, 0.3) is 5.91 Å². The molecule has 1 aliphatic heterocycles. The van der Waals surface area contributed by atoms with Gasteiger partial charge >= 0.3 is 5.97 Å². The molecule has 1 saturated heterocycles. The third-order valence-corrected chi connectivity index (χ3v) is 5.20. The van der Waals surface area contributed by atoms with E-state index >= 15 is 0 Å². The molecular weight excluding hydrogens is 324 g/mol. The molecule has 1 fully saturated rings. The molecule has 1 aliphatic rings. The minimum Gasteiger partial charge on any atom is -0.480 e. The first kappa shape index (κ1) is 16.6. The van der Waals surface area contributed by atoms with Crippen molar-refractivity contribution < 1.29 is 14.7 Å². The molecule has 2 aromatic rings. The summed E-state index contributed by atoms with van der Waals surface area (Å²) in [5, 5.41) is 12.0. The zero-order chi connectivity index (χ0) is 16.9. The van der Waals surface area contributed by atoms with E-state index in [1.54, 1.807) is 5.38 Å². The summed E-state index contributed by atoms with van der Waals surface area (Å²) >= 11 is 1.46. The van der Waals surface area contributed by atoms with Gasteiger partial charge in [-0.15, -0.1) is 11.3 Å². The Labute approximate surface area is 145 Å². The van der Waals surface area contributed by atoms with E-state index in [4.69, 9.17) is 0 Å². The first-order chi connectivity index (χ1) is 11.6. The lowest BCUT2D eigenvalue weighted by Gasteiger charge is -2.32. The summed E-state index contributed by atoms with van der Waals surface area (Å²) in [7, 11) is 0. The van der Waals surface area contributed by atoms with Gasteiger partial charge in [0.05, 0.1) is 5.01 Å². The highest BCUT2D eigenvalue weighted by atomic mass is 32.1. The number of aromatic nitrogens is 1. The summed E-state index contributed by atoms with van der Waals surface area (Å²) < 4.78 is 0. The molecule has 0 unspecified atom stereocenters. The highest BCUT2D eigenvalue weighted by Gasteiger charge is 2.33. The van der Waals surface area contributed by atoms with Crippen molar-refractivity contribution in [1.82, 2.24) is 9.88 Å². The van der Waals surface area contributed by atoms with Gasteiger partial charge in [-0.3, -0.25) is 4.79 Å². The Morgan fingerprint density at radius 1 is 1.21 bits per heavy atom. The van der Waals surface area contributed by atoms with Gasteiger partial charge < -0.3 is 10.0 Å². The minimum atomic E-state index is -0.928. The van der Waals surface area contributed by atoms with Gasteiger partial charge in [-0.05, 0) is 31.2 Å². The van der Waals surface area contributed by atoms with E-state index in [0.717, 1.165) is 30.7 Å². The Morgan fingerprint density at radius 2 is 2.00 bits per heavy atom. The summed E-state index contributed by atoms with van der Waals surface area (Å²) in [6, 6.07) is 9.43. The van der Waals surface area contributed by atoms with Crippen LogP contribution in [0.2, 0.25) is 0 Å². The molecule has 0 aliphatic carbocycles. The van der Waals surface area contributed by atoms with Crippen LogP contribution in [0.1, 0.15) is 40.3 Å². The van der Waals surface area contributed by atoms with Crippen LogP contribution >= 0.6 is 11.3 Å². The fourth-order valence-electron chi connectivity index (χ4n) is 3.00. The van der Waals surface area contributed by atoms with Crippen LogP contribution in [-0.2, 0) is 17.6 Å². The number of aryl methyl sites for hydroxylation is 2. The number of carbonyl (C=O) groups is 2. The zero-order valence-corrected chi connectivity index (χ0v) is 14.2. The standard InChI is InChI=1S/C18H20N2O3S/c21-17(20-11-5-4-8-15(20)18(22)23)14-12-24-16(19-14)10-9-13-6-2-1-3-7-13/h1-3,6-7,12,15H,4-5,8-11H2,(H,22,23)/t15-/m0/s1. The SMILES string of the molecule is O=C(O)[C@@H]1CCCCN1C(=O)c1csc(CCc2ccccc2)n1. The van der Waals surface area contributed by atoms with Crippen molar-refractivity contribution in [1.29, 1.82) is 0 Å². The van der Waals surface area contributed by atoms with Crippen LogP contribution in [0.5, 0.6) is 0 Å². The van der Waals surface area contributed by atoms with Crippen molar-refractivity contribution >= 4 is 23.2 Å². The van der Waals surface area contributed by atoms with Crippen molar-refractivity contribution in [3.05, 3.63) is 52.0 Å². The van der Waals surface area contributed by atoms with Gasteiger partial charge in [0.1, 0.15) is 11.7 Å². The predicted octanol–water partition coefficient (Wildman–Crippen LogP) is 3.01. The number of hydrogen-bond acceptors (Lipinski definition) is 4. The first-order valence-electron chi connectivity index (χ1n) is 8.17. The quantitative estimate of drug-likeness (QED) is 0.905. The number of amides is 1. The molecule has 1 aromatic carbocycles. The van der Waals surface area contributed by atoms with Crippen LogP contribution in [0.3, 0.4) is 0 Å². The Balaban J connectivity index is 1.65. The van der Waals surface area contributed by atoms with Crippen LogP contribution in [-0.4, -0.2) is 39.5 Å². The molecule has 1 aromatic heterocycles. The molecule has 0 radical (unpaired) electrons. The van der Waals surface area contributed by atoms with Crippen molar-refractivity contribution in [3.63, 3.8) is 0 Å². The van der Waals surface area contributed by atoms with Crippen molar-refractivity contribution in [2.75, 3.05) is 6.54 Å². The van der Waals surface area contributed by atoms with Gasteiger partial charge in [-0.25, -0.2) is 9.78 Å². The van der Waals surface area contributed by atoms with Crippen LogP contribution in [0.4, 0.5) is 0 Å². The fraction of sp³-hybridized carbons (Fsp3) is 0.389. The lowest BCUT2D eigenvalue weighted by atomic mass is 10.0. The molecule has 1 atom stereocenters. The molecule has 0 bridgehead atoms. The second kappa shape index (κ2) is 7.57. The van der Waals surface area contributed by atoms with Crippen molar-refractivity contribution in [3.8, 4) is 0 Å². The molecule has 1 amide bonds. The second-order valence-electron chi connectivity index (χ2n) is 5.96. The number of likely N-dealkylation sites (tertiary alicyclic amines) is 1. The number of carboxylic acids is 1. The Hall–Kier alpha value is -2.21. The van der Waals surface area contributed by atoms with Crippen LogP contribution in [0, 0.1) is 0 Å². The van der Waals surface area contributed by atoms with E-state index in [1.165, 1.54) is 21.8 Å². The zero-order valence-electron chi connectivity index (χ0n) is 13.4. The van der Waals surface area contributed by atoms with Gasteiger partial charge in [-0.1, -0.05) is 30.3 Å². The van der Waals surface area contributed by atoms with E-state index in [2.05, 4.69) is 17.1 Å². The van der Waals surface area contributed by atoms with Gasteiger partial charge in [0, 0.05) is 18.3 Å². The van der Waals surface area contributed by atoms with E-state index in [0.29, 0.717) is 18.7 Å². The van der Waals surface area contributed by atoms with E-state index in [1.807, 2.05) is 18.2 Å². The van der Waals surface area contributed by atoms with Crippen LogP contribution in [0.25, 0.3) is 0 Å². The number of thiazole rings is 1. The number of hydrogen-bond donors (Lipinski definition) is 1. The summed E-state index contributed by atoms with van der Waals surface area (Å²) in [4.78, 5) is 29.9. The van der Waals surface area contributed by atoms with Gasteiger partial charge in [-0.2, -0.15) is 0 Å². The van der Waals surface area contributed by atoms with E-state index < -0.39 is 12.0 Å². The number of piperidine rings is 1. The largest absolute Gasteiger partial charge is 0.480 e. The molecule has 6 heteroatoms. The van der Waals surface area contributed by atoms with Crippen molar-refractivity contribution in [2.24, 2.45) is 0 Å². The van der Waals surface area contributed by atoms with Crippen LogP contribution in [0.15, 0.2) is 35.7 Å². The fourth-order valence-corrected chi connectivity index (χ4v) is 3.77.